The normalized spacial score (nSPS) is 10.2. The van der Waals surface area contributed by atoms with Crippen molar-refractivity contribution in [2.75, 3.05) is 5.32 Å². The van der Waals surface area contributed by atoms with Crippen molar-refractivity contribution in [1.29, 1.82) is 0 Å². The lowest BCUT2D eigenvalue weighted by Gasteiger charge is -2.07. The number of primary amides is 1. The maximum atomic E-state index is 11.9. The van der Waals surface area contributed by atoms with Gasteiger partial charge in [-0.15, -0.1) is 0 Å². The predicted molar refractivity (Wildman–Crippen MR) is 83.8 cm³/mol. The van der Waals surface area contributed by atoms with Crippen LogP contribution in [-0.4, -0.2) is 11.8 Å². The Kier molecular flexibility index (Phi) is 4.83. The average molecular weight is 323 g/mol. The van der Waals surface area contributed by atoms with E-state index in [1.165, 1.54) is 0 Å². The molecule has 0 unspecified atom stereocenters. The maximum absolute atomic E-state index is 11.9. The lowest BCUT2D eigenvalue weighted by atomic mass is 10.1. The zero-order chi connectivity index (χ0) is 15.4. The minimum atomic E-state index is -0.513. The van der Waals surface area contributed by atoms with Gasteiger partial charge in [0.05, 0.1) is 6.42 Å². The van der Waals surface area contributed by atoms with Gasteiger partial charge in [0.25, 0.3) is 0 Å². The molecule has 2 amide bonds. The first kappa shape index (κ1) is 15.4. The van der Waals surface area contributed by atoms with Crippen LogP contribution in [0.5, 0.6) is 0 Å². The molecule has 0 saturated carbocycles. The highest BCUT2D eigenvalue weighted by Gasteiger charge is 2.08. The van der Waals surface area contributed by atoms with Gasteiger partial charge in [-0.1, -0.05) is 29.3 Å². The molecule has 0 radical (unpaired) electrons. The monoisotopic (exact) mass is 322 g/mol. The summed E-state index contributed by atoms with van der Waals surface area (Å²) in [4.78, 5) is 22.9. The molecule has 2 aromatic carbocycles. The summed E-state index contributed by atoms with van der Waals surface area (Å²) in [5.74, 6) is -0.730. The average Bonchev–Trinajstić information content (AvgIpc) is 2.42. The van der Waals surface area contributed by atoms with E-state index in [4.69, 9.17) is 28.9 Å². The Morgan fingerprint density at radius 3 is 2.29 bits per heavy atom. The molecule has 0 heterocycles. The summed E-state index contributed by atoms with van der Waals surface area (Å²) in [5, 5.41) is 3.68. The first-order chi connectivity index (χ1) is 9.95. The zero-order valence-corrected chi connectivity index (χ0v) is 12.4. The molecule has 3 N–H and O–H groups in total. The van der Waals surface area contributed by atoms with E-state index in [1.54, 1.807) is 42.5 Å². The molecular formula is C15H12Cl2N2O2. The van der Waals surface area contributed by atoms with Gasteiger partial charge in [0, 0.05) is 21.3 Å². The number of rotatable bonds is 4. The number of amides is 2. The second kappa shape index (κ2) is 6.61. The molecular weight excluding hydrogens is 311 g/mol. The van der Waals surface area contributed by atoms with Crippen molar-refractivity contribution >= 4 is 40.7 Å². The van der Waals surface area contributed by atoms with Gasteiger partial charge in [-0.05, 0) is 42.0 Å². The first-order valence-corrected chi connectivity index (χ1v) is 6.85. The Balaban J connectivity index is 2.02. The number of hydrogen-bond donors (Lipinski definition) is 2. The largest absolute Gasteiger partial charge is 0.366 e. The molecule has 2 aromatic rings. The van der Waals surface area contributed by atoms with E-state index in [2.05, 4.69) is 5.32 Å². The molecule has 0 aliphatic carbocycles. The number of nitrogens with one attached hydrogen (secondary N) is 1. The van der Waals surface area contributed by atoms with Crippen LogP contribution in [0.2, 0.25) is 10.0 Å². The topological polar surface area (TPSA) is 72.2 Å². The van der Waals surface area contributed by atoms with Crippen molar-refractivity contribution < 1.29 is 9.59 Å². The fraction of sp³-hybridized carbons (Fsp3) is 0.0667. The SMILES string of the molecule is NC(=O)c1ccc(NC(=O)Cc2ccc(Cl)cc2Cl)cc1. The van der Waals surface area contributed by atoms with Crippen molar-refractivity contribution in [3.05, 3.63) is 63.6 Å². The molecule has 21 heavy (non-hydrogen) atoms. The number of benzene rings is 2. The Morgan fingerprint density at radius 2 is 1.71 bits per heavy atom. The van der Waals surface area contributed by atoms with Crippen LogP contribution in [0.1, 0.15) is 15.9 Å². The summed E-state index contributed by atoms with van der Waals surface area (Å²) < 4.78 is 0. The highest BCUT2D eigenvalue weighted by Crippen LogP contribution is 2.21. The van der Waals surface area contributed by atoms with Gasteiger partial charge in [-0.2, -0.15) is 0 Å². The van der Waals surface area contributed by atoms with E-state index >= 15 is 0 Å². The van der Waals surface area contributed by atoms with Crippen molar-refractivity contribution in [1.82, 2.24) is 0 Å². The van der Waals surface area contributed by atoms with E-state index in [-0.39, 0.29) is 12.3 Å². The van der Waals surface area contributed by atoms with Crippen molar-refractivity contribution in [3.63, 3.8) is 0 Å². The number of hydrogen-bond acceptors (Lipinski definition) is 2. The molecule has 0 aliphatic heterocycles. The summed E-state index contributed by atoms with van der Waals surface area (Å²) in [6.45, 7) is 0. The Morgan fingerprint density at radius 1 is 1.05 bits per heavy atom. The van der Waals surface area contributed by atoms with Crippen LogP contribution in [0.25, 0.3) is 0 Å². The van der Waals surface area contributed by atoms with Crippen molar-refractivity contribution in [2.24, 2.45) is 5.73 Å². The molecule has 0 atom stereocenters. The minimum absolute atomic E-state index is 0.133. The molecule has 6 heteroatoms. The second-order valence-corrected chi connectivity index (χ2v) is 5.25. The van der Waals surface area contributed by atoms with E-state index < -0.39 is 5.91 Å². The lowest BCUT2D eigenvalue weighted by Crippen LogP contribution is -2.15. The van der Waals surface area contributed by atoms with Crippen LogP contribution in [0.3, 0.4) is 0 Å². The van der Waals surface area contributed by atoms with Gasteiger partial charge in [0.1, 0.15) is 0 Å². The summed E-state index contributed by atoms with van der Waals surface area (Å²) in [7, 11) is 0. The van der Waals surface area contributed by atoms with Gasteiger partial charge in [-0.3, -0.25) is 9.59 Å². The van der Waals surface area contributed by atoms with E-state index in [1.807, 2.05) is 0 Å². The summed E-state index contributed by atoms with van der Waals surface area (Å²) in [5.41, 5.74) is 6.79. The standard InChI is InChI=1S/C15H12Cl2N2O2/c16-11-4-1-10(13(17)8-11)7-14(20)19-12-5-2-9(3-6-12)15(18)21/h1-6,8H,7H2,(H2,18,21)(H,19,20). The number of nitrogens with two attached hydrogens (primary N) is 1. The fourth-order valence-corrected chi connectivity index (χ4v) is 2.24. The molecule has 0 bridgehead atoms. The maximum Gasteiger partial charge on any atom is 0.248 e. The zero-order valence-electron chi connectivity index (χ0n) is 10.9. The molecule has 0 saturated heterocycles. The molecule has 2 rings (SSSR count). The summed E-state index contributed by atoms with van der Waals surface area (Å²) in [6.07, 6.45) is 0.133. The van der Waals surface area contributed by atoms with E-state index in [0.29, 0.717) is 26.9 Å². The summed E-state index contributed by atoms with van der Waals surface area (Å²) in [6, 6.07) is 11.3. The molecule has 0 fully saturated rings. The lowest BCUT2D eigenvalue weighted by molar-refractivity contribution is -0.115. The number of carbonyl (C=O) groups excluding carboxylic acids is 2. The second-order valence-electron chi connectivity index (χ2n) is 4.40. The van der Waals surface area contributed by atoms with Gasteiger partial charge in [-0.25, -0.2) is 0 Å². The highest BCUT2D eigenvalue weighted by molar-refractivity contribution is 6.35. The van der Waals surface area contributed by atoms with Gasteiger partial charge >= 0.3 is 0 Å². The number of halogens is 2. The fourth-order valence-electron chi connectivity index (χ4n) is 1.76. The van der Waals surface area contributed by atoms with Gasteiger partial charge in [0.15, 0.2) is 0 Å². The Bertz CT molecular complexity index is 685. The van der Waals surface area contributed by atoms with Crippen LogP contribution >= 0.6 is 23.2 Å². The summed E-state index contributed by atoms with van der Waals surface area (Å²) >= 11 is 11.8. The van der Waals surface area contributed by atoms with Crippen molar-refractivity contribution in [2.45, 2.75) is 6.42 Å². The molecule has 0 spiro atoms. The third-order valence-corrected chi connectivity index (χ3v) is 3.41. The highest BCUT2D eigenvalue weighted by atomic mass is 35.5. The predicted octanol–water partition coefficient (Wildman–Crippen LogP) is 3.27. The van der Waals surface area contributed by atoms with Crippen LogP contribution in [-0.2, 0) is 11.2 Å². The molecule has 4 nitrogen and oxygen atoms in total. The molecule has 0 aliphatic rings. The van der Waals surface area contributed by atoms with Crippen LogP contribution in [0, 0.1) is 0 Å². The van der Waals surface area contributed by atoms with Crippen molar-refractivity contribution in [3.8, 4) is 0 Å². The van der Waals surface area contributed by atoms with E-state index in [9.17, 15) is 9.59 Å². The van der Waals surface area contributed by atoms with Crippen LogP contribution < -0.4 is 11.1 Å². The Hall–Kier alpha value is -2.04. The first-order valence-electron chi connectivity index (χ1n) is 6.09. The third-order valence-electron chi connectivity index (χ3n) is 2.82. The van der Waals surface area contributed by atoms with Gasteiger partial charge in [0.2, 0.25) is 11.8 Å². The molecule has 0 aromatic heterocycles. The number of anilines is 1. The molecule has 108 valence electrons. The third kappa shape index (κ3) is 4.21. The van der Waals surface area contributed by atoms with Crippen LogP contribution in [0.4, 0.5) is 5.69 Å². The van der Waals surface area contributed by atoms with Gasteiger partial charge < -0.3 is 11.1 Å². The minimum Gasteiger partial charge on any atom is -0.366 e. The Labute approximate surface area is 131 Å². The quantitative estimate of drug-likeness (QED) is 0.906. The van der Waals surface area contributed by atoms with Crippen LogP contribution in [0.15, 0.2) is 42.5 Å². The smallest absolute Gasteiger partial charge is 0.248 e. The number of carbonyl (C=O) groups is 2. The van der Waals surface area contributed by atoms with E-state index in [0.717, 1.165) is 0 Å².